The second-order valence-electron chi connectivity index (χ2n) is 2.98. The van der Waals surface area contributed by atoms with Crippen molar-refractivity contribution in [3.8, 4) is 0 Å². The molecule has 0 radical (unpaired) electrons. The summed E-state index contributed by atoms with van der Waals surface area (Å²) in [5.74, 6) is -7.50. The molecule has 1 atom stereocenters. The third-order valence-corrected chi connectivity index (χ3v) is 1.70. The Morgan fingerprint density at radius 1 is 1.00 bits per heavy atom. The van der Waals surface area contributed by atoms with Crippen LogP contribution in [0.25, 0.3) is 0 Å². The molecule has 1 unspecified atom stereocenters. The summed E-state index contributed by atoms with van der Waals surface area (Å²) in [5, 5.41) is 52.5. The third kappa shape index (κ3) is 2.35. The predicted octanol–water partition coefficient (Wildman–Crippen LogP) is -3.25. The first-order valence-electron chi connectivity index (χ1n) is 3.69. The number of aliphatic hydroxyl groups is 6. The molecule has 0 saturated heterocycles. The molecule has 7 nitrogen and oxygen atoms in total. The summed E-state index contributed by atoms with van der Waals surface area (Å²) in [5.41, 5.74) is 2.26. The average Bonchev–Trinajstić information content (AvgIpc) is 1.84. The van der Waals surface area contributed by atoms with Crippen LogP contribution in [0.2, 0.25) is 0 Å². The number of rotatable bonds is 4. The lowest BCUT2D eigenvalue weighted by atomic mass is 9.96. The molecule has 0 spiro atoms. The van der Waals surface area contributed by atoms with Crippen molar-refractivity contribution in [2.24, 2.45) is 5.73 Å². The molecule has 0 saturated carbocycles. The van der Waals surface area contributed by atoms with Crippen LogP contribution in [0.4, 0.5) is 0 Å². The maximum Gasteiger partial charge on any atom is 0.337 e. The maximum absolute atomic E-state index is 9.18. The first kappa shape index (κ1) is 12.7. The first-order chi connectivity index (χ1) is 5.56. The summed E-state index contributed by atoms with van der Waals surface area (Å²) in [4.78, 5) is 0. The van der Waals surface area contributed by atoms with Crippen LogP contribution in [0.3, 0.4) is 0 Å². The van der Waals surface area contributed by atoms with Crippen molar-refractivity contribution in [2.45, 2.75) is 37.3 Å². The molecule has 0 heterocycles. The van der Waals surface area contributed by atoms with Gasteiger partial charge in [-0.1, -0.05) is 13.3 Å². The van der Waals surface area contributed by atoms with Crippen LogP contribution in [-0.2, 0) is 0 Å². The molecule has 7 heteroatoms. The summed E-state index contributed by atoms with van der Waals surface area (Å²) in [6.07, 6.45) is -0.0740. The highest BCUT2D eigenvalue weighted by Crippen LogP contribution is 2.27. The van der Waals surface area contributed by atoms with Gasteiger partial charge in [0.2, 0.25) is 0 Å². The molecule has 0 bridgehead atoms. The molecule has 0 amide bonds. The van der Waals surface area contributed by atoms with Crippen LogP contribution in [0.15, 0.2) is 0 Å². The highest BCUT2D eigenvalue weighted by atomic mass is 16.7. The van der Waals surface area contributed by atoms with Crippen molar-refractivity contribution in [1.29, 1.82) is 0 Å². The predicted molar refractivity (Wildman–Crippen MR) is 40.6 cm³/mol. The van der Waals surface area contributed by atoms with Gasteiger partial charge in [-0.25, -0.2) is 0 Å². The fraction of sp³-hybridized carbons (Fsp3) is 1.00. The van der Waals surface area contributed by atoms with E-state index in [1.165, 1.54) is 0 Å². The summed E-state index contributed by atoms with van der Waals surface area (Å²) in [6, 6.07) is 0. The highest BCUT2D eigenvalue weighted by Gasteiger charge is 2.59. The van der Waals surface area contributed by atoms with E-state index in [0.717, 1.165) is 0 Å². The van der Waals surface area contributed by atoms with E-state index in [1.54, 1.807) is 6.92 Å². The van der Waals surface area contributed by atoms with Gasteiger partial charge in [0, 0.05) is 0 Å². The summed E-state index contributed by atoms with van der Waals surface area (Å²) < 4.78 is 0. The van der Waals surface area contributed by atoms with Gasteiger partial charge in [0.05, 0.1) is 0 Å². The zero-order valence-electron chi connectivity index (χ0n) is 7.17. The minimum absolute atomic E-state index is 0.256. The normalized spacial score (nSPS) is 18.5. The van der Waals surface area contributed by atoms with E-state index >= 15 is 0 Å². The van der Waals surface area contributed by atoms with Gasteiger partial charge in [0.15, 0.2) is 5.72 Å². The Morgan fingerprint density at radius 2 is 1.38 bits per heavy atom. The Hall–Kier alpha value is -0.280. The fourth-order valence-corrected chi connectivity index (χ4v) is 0.846. The lowest BCUT2D eigenvalue weighted by molar-refractivity contribution is -0.481. The lowest BCUT2D eigenvalue weighted by Gasteiger charge is -2.40. The number of nitrogens with two attached hydrogens (primary N) is 1. The molecule has 0 aliphatic carbocycles. The second kappa shape index (κ2) is 3.46. The molecule has 13 heavy (non-hydrogen) atoms. The maximum atomic E-state index is 9.18. The molecule has 0 fully saturated rings. The van der Waals surface area contributed by atoms with Crippen LogP contribution < -0.4 is 5.73 Å². The molecule has 0 aromatic carbocycles. The molecule has 0 aromatic heterocycles. The Labute approximate surface area is 74.7 Å². The third-order valence-electron chi connectivity index (χ3n) is 1.70. The van der Waals surface area contributed by atoms with Crippen molar-refractivity contribution in [3.05, 3.63) is 0 Å². The standard InChI is InChI=1S/C6H15NO6/c1-2-3-4(7,8)5(9,10)6(11,12)13/h8-13H,2-3,7H2,1H3. The molecular formula is C6H15NO6. The SMILES string of the molecule is CCCC(N)(O)C(O)(O)C(O)(O)O. The summed E-state index contributed by atoms with van der Waals surface area (Å²) in [7, 11) is 0. The molecule has 0 rings (SSSR count). The Morgan fingerprint density at radius 3 is 1.62 bits per heavy atom. The van der Waals surface area contributed by atoms with Crippen molar-refractivity contribution >= 4 is 0 Å². The van der Waals surface area contributed by atoms with Crippen LogP contribution >= 0.6 is 0 Å². The molecule has 0 aromatic rings. The van der Waals surface area contributed by atoms with Crippen molar-refractivity contribution in [1.82, 2.24) is 0 Å². The first-order valence-corrected chi connectivity index (χ1v) is 3.69. The minimum atomic E-state index is -3.88. The van der Waals surface area contributed by atoms with Crippen molar-refractivity contribution in [3.63, 3.8) is 0 Å². The van der Waals surface area contributed by atoms with Crippen molar-refractivity contribution in [2.75, 3.05) is 0 Å². The lowest BCUT2D eigenvalue weighted by Crippen LogP contribution is -2.72. The van der Waals surface area contributed by atoms with Crippen molar-refractivity contribution < 1.29 is 30.6 Å². The van der Waals surface area contributed by atoms with E-state index in [-0.39, 0.29) is 12.8 Å². The van der Waals surface area contributed by atoms with Gasteiger partial charge in [-0.15, -0.1) is 0 Å². The van der Waals surface area contributed by atoms with Crippen LogP contribution in [0.5, 0.6) is 0 Å². The Balaban J connectivity index is 4.81. The van der Waals surface area contributed by atoms with E-state index in [2.05, 4.69) is 0 Å². The van der Waals surface area contributed by atoms with Gasteiger partial charge in [-0.05, 0) is 6.42 Å². The van der Waals surface area contributed by atoms with Crippen LogP contribution in [0.1, 0.15) is 19.8 Å². The van der Waals surface area contributed by atoms with E-state index in [4.69, 9.17) is 31.3 Å². The number of hydrogen-bond donors (Lipinski definition) is 7. The van der Waals surface area contributed by atoms with E-state index in [1.807, 2.05) is 0 Å². The van der Waals surface area contributed by atoms with Gasteiger partial charge in [0.25, 0.3) is 5.79 Å². The smallest absolute Gasteiger partial charge is 0.337 e. The quantitative estimate of drug-likeness (QED) is 0.234. The summed E-state index contributed by atoms with van der Waals surface area (Å²) in [6.45, 7) is 1.57. The topological polar surface area (TPSA) is 147 Å². The zero-order valence-corrected chi connectivity index (χ0v) is 7.17. The van der Waals surface area contributed by atoms with E-state index in [9.17, 15) is 5.11 Å². The monoisotopic (exact) mass is 197 g/mol. The highest BCUT2D eigenvalue weighted by molar-refractivity contribution is 4.91. The fourth-order valence-electron chi connectivity index (χ4n) is 0.846. The second-order valence-corrected chi connectivity index (χ2v) is 2.98. The van der Waals surface area contributed by atoms with Gasteiger partial charge in [0.1, 0.15) is 0 Å². The Kier molecular flexibility index (Phi) is 3.39. The van der Waals surface area contributed by atoms with Gasteiger partial charge >= 0.3 is 5.97 Å². The molecule has 0 aliphatic heterocycles. The Bertz CT molecular complexity index is 172. The molecular weight excluding hydrogens is 182 g/mol. The number of hydrogen-bond acceptors (Lipinski definition) is 7. The average molecular weight is 197 g/mol. The van der Waals surface area contributed by atoms with Gasteiger partial charge < -0.3 is 30.6 Å². The molecule has 8 N–H and O–H groups in total. The van der Waals surface area contributed by atoms with Gasteiger partial charge in [-0.2, -0.15) is 0 Å². The zero-order chi connectivity index (χ0) is 10.9. The molecule has 0 aliphatic rings. The van der Waals surface area contributed by atoms with E-state index in [0.29, 0.717) is 0 Å². The van der Waals surface area contributed by atoms with Crippen LogP contribution in [-0.4, -0.2) is 48.1 Å². The van der Waals surface area contributed by atoms with Gasteiger partial charge in [-0.3, -0.25) is 5.73 Å². The summed E-state index contributed by atoms with van der Waals surface area (Å²) >= 11 is 0. The van der Waals surface area contributed by atoms with Crippen LogP contribution in [0, 0.1) is 0 Å². The molecule has 80 valence electrons. The minimum Gasteiger partial charge on any atom is -0.370 e. The largest absolute Gasteiger partial charge is 0.370 e. The van der Waals surface area contributed by atoms with E-state index < -0.39 is 17.5 Å².